The molecule has 0 saturated carbocycles. The molecule has 12 heteroatoms. The number of fused-ring (bicyclic) bond motifs is 1. The maximum absolute atomic E-state index is 13.6. The van der Waals surface area contributed by atoms with Crippen LogP contribution in [0, 0.1) is 5.82 Å². The number of nitrogens with zero attached hydrogens (tertiary/aromatic N) is 5. The third-order valence-corrected chi connectivity index (χ3v) is 4.85. The van der Waals surface area contributed by atoms with Gasteiger partial charge in [-0.1, -0.05) is 25.1 Å². The Balaban J connectivity index is 1.80. The van der Waals surface area contributed by atoms with Crippen LogP contribution in [0.4, 0.5) is 16.3 Å². The van der Waals surface area contributed by atoms with Gasteiger partial charge in [-0.15, -0.1) is 0 Å². The van der Waals surface area contributed by atoms with E-state index in [2.05, 4.69) is 35.2 Å². The fourth-order valence-electron chi connectivity index (χ4n) is 2.39. The molecule has 0 aromatic carbocycles. The number of nitrogen functional groups attached to an aromatic ring is 1. The Morgan fingerprint density at radius 3 is 2.93 bits per heavy atom. The smallest absolute Gasteiger partial charge is 0.255 e. The molecule has 10 nitrogen and oxygen atoms in total. The van der Waals surface area contributed by atoms with Gasteiger partial charge in [0.25, 0.3) is 5.88 Å². The van der Waals surface area contributed by atoms with Crippen molar-refractivity contribution < 1.29 is 13.9 Å². The summed E-state index contributed by atoms with van der Waals surface area (Å²) in [4.78, 5) is 35.7. The molecule has 3 aromatic rings. The van der Waals surface area contributed by atoms with Gasteiger partial charge in [0.05, 0.1) is 24.4 Å². The Morgan fingerprint density at radius 2 is 2.18 bits per heavy atom. The monoisotopic (exact) mass is 406 g/mol. The Hall–Kier alpha value is -3.02. The highest BCUT2D eigenvalue weighted by Gasteiger charge is 2.23. The van der Waals surface area contributed by atoms with Crippen LogP contribution in [0.15, 0.2) is 17.6 Å². The zero-order chi connectivity index (χ0) is 20.1. The number of rotatable bonds is 8. The van der Waals surface area contributed by atoms with Gasteiger partial charge in [0.2, 0.25) is 23.6 Å². The number of hydrogen-bond donors (Lipinski definition) is 3. The number of nitrogens with two attached hydrogens (primary N) is 1. The summed E-state index contributed by atoms with van der Waals surface area (Å²) >= 11 is 1.23. The van der Waals surface area contributed by atoms with Crippen LogP contribution >= 0.6 is 11.8 Å². The summed E-state index contributed by atoms with van der Waals surface area (Å²) in [5.41, 5.74) is 6.76. The van der Waals surface area contributed by atoms with E-state index in [4.69, 9.17) is 10.5 Å². The van der Waals surface area contributed by atoms with Gasteiger partial charge in [-0.25, -0.2) is 15.0 Å². The predicted molar refractivity (Wildman–Crippen MR) is 102 cm³/mol. The van der Waals surface area contributed by atoms with Crippen molar-refractivity contribution in [2.45, 2.75) is 37.0 Å². The summed E-state index contributed by atoms with van der Waals surface area (Å²) in [7, 11) is 0. The number of nitrogens with one attached hydrogen (secondary N) is 2. The number of aromatic amines is 1. The highest BCUT2D eigenvalue weighted by atomic mass is 32.2. The van der Waals surface area contributed by atoms with Gasteiger partial charge in [-0.05, 0) is 13.3 Å². The number of halogens is 1. The molecule has 0 unspecified atom stereocenters. The number of carbonyl (C=O) groups is 1. The first kappa shape index (κ1) is 19.7. The van der Waals surface area contributed by atoms with Gasteiger partial charge in [-0.2, -0.15) is 14.4 Å². The van der Waals surface area contributed by atoms with E-state index in [9.17, 15) is 9.18 Å². The van der Waals surface area contributed by atoms with Crippen LogP contribution in [0.5, 0.6) is 5.88 Å². The molecule has 0 radical (unpaired) electrons. The Morgan fingerprint density at radius 1 is 1.36 bits per heavy atom. The molecule has 0 aliphatic rings. The average Bonchev–Trinajstić information content (AvgIpc) is 3.12. The van der Waals surface area contributed by atoms with Gasteiger partial charge in [0.1, 0.15) is 10.5 Å². The molecule has 0 bridgehead atoms. The van der Waals surface area contributed by atoms with E-state index in [0.29, 0.717) is 22.6 Å². The third kappa shape index (κ3) is 4.44. The zero-order valence-electron chi connectivity index (χ0n) is 15.3. The molecule has 0 aliphatic heterocycles. The summed E-state index contributed by atoms with van der Waals surface area (Å²) < 4.78 is 18.7. The standard InChI is InChI=1S/C16H19FN8O2S/c1-3-5-9(28-14-10-11(21-7-20-10)22-15(18)25-14)12(26)23-16-19-6-8(17)13(24-16)27-4-2/h6-7,9H,3-5H2,1-2H3,(H,19,23,24,26)(H3,18,20,21,22,25)/t9-/m0/s1. The van der Waals surface area contributed by atoms with Crippen LogP contribution in [0.3, 0.4) is 0 Å². The van der Waals surface area contributed by atoms with Crippen LogP contribution in [-0.4, -0.2) is 47.7 Å². The van der Waals surface area contributed by atoms with Crippen molar-refractivity contribution in [2.75, 3.05) is 17.7 Å². The largest absolute Gasteiger partial charge is 0.476 e. The second-order valence-corrected chi connectivity index (χ2v) is 6.84. The minimum Gasteiger partial charge on any atom is -0.476 e. The number of hydrogen-bond acceptors (Lipinski definition) is 9. The van der Waals surface area contributed by atoms with E-state index in [1.54, 1.807) is 6.92 Å². The van der Waals surface area contributed by atoms with Crippen molar-refractivity contribution in [3.8, 4) is 5.88 Å². The van der Waals surface area contributed by atoms with Crippen molar-refractivity contribution in [1.82, 2.24) is 29.9 Å². The average molecular weight is 406 g/mol. The number of imidazole rings is 1. The molecule has 4 N–H and O–H groups in total. The number of ether oxygens (including phenoxy) is 1. The molecule has 148 valence electrons. The Bertz CT molecular complexity index is 982. The number of thioether (sulfide) groups is 1. The highest BCUT2D eigenvalue weighted by molar-refractivity contribution is 8.00. The van der Waals surface area contributed by atoms with Gasteiger partial charge < -0.3 is 15.5 Å². The lowest BCUT2D eigenvalue weighted by atomic mass is 10.2. The molecule has 3 heterocycles. The molecule has 3 aromatic heterocycles. The lowest BCUT2D eigenvalue weighted by Gasteiger charge is -2.15. The van der Waals surface area contributed by atoms with Gasteiger partial charge in [-0.3, -0.25) is 10.1 Å². The molecule has 1 amide bonds. The number of aromatic nitrogens is 6. The molecule has 28 heavy (non-hydrogen) atoms. The molecule has 0 fully saturated rings. The highest BCUT2D eigenvalue weighted by Crippen LogP contribution is 2.30. The molecule has 1 atom stereocenters. The lowest BCUT2D eigenvalue weighted by Crippen LogP contribution is -2.26. The first-order chi connectivity index (χ1) is 13.5. The SMILES string of the molecule is CCC[C@H](Sc1nc(N)nc2nc[nH]c12)C(=O)Nc1ncc(F)c(OCC)n1. The summed E-state index contributed by atoms with van der Waals surface area (Å²) in [5, 5.41) is 2.61. The second kappa shape index (κ2) is 8.78. The molecular weight excluding hydrogens is 387 g/mol. The number of carbonyl (C=O) groups excluding carboxylic acids is 1. The van der Waals surface area contributed by atoms with Crippen molar-refractivity contribution >= 4 is 40.7 Å². The van der Waals surface area contributed by atoms with Gasteiger partial charge in [0, 0.05) is 0 Å². The van der Waals surface area contributed by atoms with Crippen LogP contribution in [-0.2, 0) is 4.79 Å². The Labute approximate surface area is 163 Å². The fourth-order valence-corrected chi connectivity index (χ4v) is 3.59. The molecule has 0 aliphatic carbocycles. The second-order valence-electron chi connectivity index (χ2n) is 5.65. The van der Waals surface area contributed by atoms with Gasteiger partial charge in [0.15, 0.2) is 5.65 Å². The first-order valence-corrected chi connectivity index (χ1v) is 9.49. The molecule has 0 saturated heterocycles. The van der Waals surface area contributed by atoms with Crippen molar-refractivity contribution in [3.05, 3.63) is 18.3 Å². The van der Waals surface area contributed by atoms with Crippen LogP contribution < -0.4 is 15.8 Å². The topological polar surface area (TPSA) is 145 Å². The van der Waals surface area contributed by atoms with Crippen LogP contribution in [0.2, 0.25) is 0 Å². The quantitative estimate of drug-likeness (QED) is 0.378. The minimum atomic E-state index is -0.697. The zero-order valence-corrected chi connectivity index (χ0v) is 16.1. The lowest BCUT2D eigenvalue weighted by molar-refractivity contribution is -0.115. The van der Waals surface area contributed by atoms with Crippen molar-refractivity contribution in [2.24, 2.45) is 0 Å². The predicted octanol–water partition coefficient (Wildman–Crippen LogP) is 2.16. The minimum absolute atomic E-state index is 0.0366. The maximum atomic E-state index is 13.6. The van der Waals surface area contributed by atoms with Crippen molar-refractivity contribution in [1.29, 1.82) is 0 Å². The van der Waals surface area contributed by atoms with E-state index in [1.807, 2.05) is 6.92 Å². The maximum Gasteiger partial charge on any atom is 0.255 e. The van der Waals surface area contributed by atoms with E-state index in [1.165, 1.54) is 18.1 Å². The van der Waals surface area contributed by atoms with E-state index in [0.717, 1.165) is 12.6 Å². The van der Waals surface area contributed by atoms with Crippen LogP contribution in [0.25, 0.3) is 11.2 Å². The molecular formula is C16H19FN8O2S. The number of anilines is 2. The Kier molecular flexibility index (Phi) is 6.19. The van der Waals surface area contributed by atoms with E-state index < -0.39 is 11.1 Å². The van der Waals surface area contributed by atoms with Crippen molar-refractivity contribution in [3.63, 3.8) is 0 Å². The number of H-pyrrole nitrogens is 1. The normalized spacial score (nSPS) is 12.1. The van der Waals surface area contributed by atoms with E-state index >= 15 is 0 Å². The molecule has 3 rings (SSSR count). The first-order valence-electron chi connectivity index (χ1n) is 8.61. The number of amides is 1. The summed E-state index contributed by atoms with van der Waals surface area (Å²) in [5.74, 6) is -1.22. The van der Waals surface area contributed by atoms with Crippen LogP contribution in [0.1, 0.15) is 26.7 Å². The summed E-state index contributed by atoms with van der Waals surface area (Å²) in [6, 6.07) is 0. The fraction of sp³-hybridized carbons (Fsp3) is 0.375. The third-order valence-electron chi connectivity index (χ3n) is 3.59. The summed E-state index contributed by atoms with van der Waals surface area (Å²) in [6.45, 7) is 3.91. The summed E-state index contributed by atoms with van der Waals surface area (Å²) in [6.07, 6.45) is 3.76. The van der Waals surface area contributed by atoms with Gasteiger partial charge >= 0.3 is 0 Å². The van der Waals surface area contributed by atoms with E-state index in [-0.39, 0.29) is 30.3 Å². The molecule has 0 spiro atoms.